The Kier molecular flexibility index (Phi) is 4.07. The number of nitrogens with one attached hydrogen (secondary N) is 1. The van der Waals surface area contributed by atoms with Gasteiger partial charge in [0.1, 0.15) is 11.6 Å². The van der Waals surface area contributed by atoms with E-state index in [0.717, 1.165) is 10.5 Å². The minimum atomic E-state index is -0.608. The number of benzene rings is 2. The fourth-order valence-electron chi connectivity index (χ4n) is 1.43. The molecule has 2 aromatic carbocycles. The number of nitrogens with two attached hydrogens (primary N) is 1. The first-order chi connectivity index (χ1) is 8.97. The second-order valence-electron chi connectivity index (χ2n) is 3.74. The molecule has 6 heteroatoms. The molecule has 0 aliphatic rings. The predicted molar refractivity (Wildman–Crippen MR) is 76.6 cm³/mol. The van der Waals surface area contributed by atoms with E-state index in [1.807, 2.05) is 0 Å². The fourth-order valence-corrected chi connectivity index (χ4v) is 1.92. The zero-order valence-corrected chi connectivity index (χ0v) is 11.9. The van der Waals surface area contributed by atoms with Crippen LogP contribution in [0.25, 0.3) is 0 Å². The van der Waals surface area contributed by atoms with Gasteiger partial charge in [-0.2, -0.15) is 0 Å². The molecule has 3 N–H and O–H groups in total. The molecule has 19 heavy (non-hydrogen) atoms. The third-order valence-electron chi connectivity index (χ3n) is 2.36. The third kappa shape index (κ3) is 3.24. The monoisotopic (exact) mass is 342 g/mol. The molecule has 2 rings (SSSR count). The molecule has 0 bridgehead atoms. The van der Waals surface area contributed by atoms with E-state index in [2.05, 4.69) is 15.9 Å². The van der Waals surface area contributed by atoms with Crippen LogP contribution in [0.1, 0.15) is 5.56 Å². The Bertz CT molecular complexity index is 649. The van der Waals surface area contributed by atoms with Gasteiger partial charge < -0.3 is 10.5 Å². The summed E-state index contributed by atoms with van der Waals surface area (Å²) in [5.74, 6) is -0.454. The molecule has 0 amide bonds. The van der Waals surface area contributed by atoms with Crippen LogP contribution >= 0.6 is 27.5 Å². The van der Waals surface area contributed by atoms with Gasteiger partial charge >= 0.3 is 0 Å². The molecule has 0 aliphatic carbocycles. The van der Waals surface area contributed by atoms with Crippen molar-refractivity contribution in [3.63, 3.8) is 0 Å². The number of halogens is 3. The molecule has 0 aromatic heterocycles. The molecule has 98 valence electrons. The van der Waals surface area contributed by atoms with Crippen molar-refractivity contribution in [2.24, 2.45) is 5.73 Å². The van der Waals surface area contributed by atoms with Gasteiger partial charge in [-0.3, -0.25) is 5.41 Å². The summed E-state index contributed by atoms with van der Waals surface area (Å²) in [5.41, 5.74) is 5.57. The number of nitrogen functional groups attached to an aromatic ring is 1. The van der Waals surface area contributed by atoms with Gasteiger partial charge in [-0.25, -0.2) is 4.39 Å². The van der Waals surface area contributed by atoms with Crippen molar-refractivity contribution < 1.29 is 9.13 Å². The van der Waals surface area contributed by atoms with Crippen LogP contribution in [0.3, 0.4) is 0 Å². The van der Waals surface area contributed by atoms with Crippen LogP contribution in [0.2, 0.25) is 5.02 Å². The van der Waals surface area contributed by atoms with Crippen molar-refractivity contribution in [2.75, 3.05) is 0 Å². The third-order valence-corrected chi connectivity index (χ3v) is 3.16. The maximum atomic E-state index is 13.8. The minimum absolute atomic E-state index is 0.0185. The normalized spacial score (nSPS) is 10.3. The summed E-state index contributed by atoms with van der Waals surface area (Å²) in [5, 5.41) is 7.60. The first kappa shape index (κ1) is 13.8. The van der Waals surface area contributed by atoms with E-state index in [1.165, 1.54) is 12.1 Å². The topological polar surface area (TPSA) is 59.1 Å². The summed E-state index contributed by atoms with van der Waals surface area (Å²) in [6, 6.07) is 9.09. The van der Waals surface area contributed by atoms with Crippen LogP contribution in [0, 0.1) is 11.2 Å². The van der Waals surface area contributed by atoms with E-state index in [4.69, 9.17) is 27.5 Å². The second kappa shape index (κ2) is 5.59. The summed E-state index contributed by atoms with van der Waals surface area (Å²) in [6.45, 7) is 0. The number of rotatable bonds is 3. The lowest BCUT2D eigenvalue weighted by Gasteiger charge is -2.09. The number of ether oxygens (including phenoxy) is 1. The van der Waals surface area contributed by atoms with Crippen molar-refractivity contribution in [1.29, 1.82) is 5.41 Å². The van der Waals surface area contributed by atoms with Crippen molar-refractivity contribution in [3.8, 4) is 11.5 Å². The first-order valence-electron chi connectivity index (χ1n) is 5.24. The van der Waals surface area contributed by atoms with Gasteiger partial charge in [0, 0.05) is 10.0 Å². The average Bonchev–Trinajstić information content (AvgIpc) is 2.36. The standard InChI is InChI=1S/C13H9BrClFN2O/c14-8-2-3-9(15)12(6-8)19-11-4-1-7(13(17)18)5-10(11)16/h1-6H,(H3,17,18). The van der Waals surface area contributed by atoms with E-state index in [9.17, 15) is 4.39 Å². The summed E-state index contributed by atoms with van der Waals surface area (Å²) >= 11 is 9.24. The predicted octanol–water partition coefficient (Wildman–Crippen LogP) is 4.32. The Morgan fingerprint density at radius 3 is 2.58 bits per heavy atom. The maximum absolute atomic E-state index is 13.8. The zero-order chi connectivity index (χ0) is 14.0. The Hall–Kier alpha value is -1.59. The molecular formula is C13H9BrClFN2O. The van der Waals surface area contributed by atoms with Crippen LogP contribution in [0.15, 0.2) is 40.9 Å². The highest BCUT2D eigenvalue weighted by Gasteiger charge is 2.10. The molecule has 0 aliphatic heterocycles. The van der Waals surface area contributed by atoms with Crippen molar-refractivity contribution in [2.45, 2.75) is 0 Å². The highest BCUT2D eigenvalue weighted by Crippen LogP contribution is 2.33. The van der Waals surface area contributed by atoms with Gasteiger partial charge in [0.25, 0.3) is 0 Å². The fraction of sp³-hybridized carbons (Fsp3) is 0. The lowest BCUT2D eigenvalue weighted by molar-refractivity contribution is 0.442. The van der Waals surface area contributed by atoms with Crippen molar-refractivity contribution in [3.05, 3.63) is 57.3 Å². The molecule has 0 saturated carbocycles. The summed E-state index contributed by atoms with van der Waals surface area (Å²) in [4.78, 5) is 0. The molecule has 3 nitrogen and oxygen atoms in total. The number of hydrogen-bond donors (Lipinski definition) is 2. The summed E-state index contributed by atoms with van der Waals surface area (Å²) < 4.78 is 20.0. The first-order valence-corrected chi connectivity index (χ1v) is 6.41. The molecular weight excluding hydrogens is 335 g/mol. The second-order valence-corrected chi connectivity index (χ2v) is 5.06. The Balaban J connectivity index is 2.33. The molecule has 0 spiro atoms. The SMILES string of the molecule is N=C(N)c1ccc(Oc2cc(Br)ccc2Cl)c(F)c1. The lowest BCUT2D eigenvalue weighted by Crippen LogP contribution is -2.11. The van der Waals surface area contributed by atoms with Gasteiger partial charge in [0.05, 0.1) is 5.02 Å². The van der Waals surface area contributed by atoms with E-state index >= 15 is 0 Å². The quantitative estimate of drug-likeness (QED) is 0.644. The minimum Gasteiger partial charge on any atom is -0.453 e. The van der Waals surface area contributed by atoms with Crippen molar-refractivity contribution in [1.82, 2.24) is 0 Å². The maximum Gasteiger partial charge on any atom is 0.166 e. The lowest BCUT2D eigenvalue weighted by atomic mass is 10.2. The number of hydrogen-bond acceptors (Lipinski definition) is 2. The van der Waals surface area contributed by atoms with E-state index in [1.54, 1.807) is 18.2 Å². The van der Waals surface area contributed by atoms with Gasteiger partial charge in [-0.05, 0) is 36.4 Å². The smallest absolute Gasteiger partial charge is 0.166 e. The molecule has 2 aromatic rings. The molecule has 0 heterocycles. The van der Waals surface area contributed by atoms with Gasteiger partial charge in [0.15, 0.2) is 11.6 Å². The molecule has 0 fully saturated rings. The van der Waals surface area contributed by atoms with Gasteiger partial charge in [-0.1, -0.05) is 27.5 Å². The Morgan fingerprint density at radius 1 is 1.21 bits per heavy atom. The zero-order valence-electron chi connectivity index (χ0n) is 9.58. The van der Waals surface area contributed by atoms with Crippen LogP contribution in [-0.2, 0) is 0 Å². The Labute approximate surface area is 122 Å². The van der Waals surface area contributed by atoms with E-state index in [-0.39, 0.29) is 11.6 Å². The largest absolute Gasteiger partial charge is 0.453 e. The van der Waals surface area contributed by atoms with Crippen LogP contribution < -0.4 is 10.5 Å². The van der Waals surface area contributed by atoms with Crippen LogP contribution in [-0.4, -0.2) is 5.84 Å². The Morgan fingerprint density at radius 2 is 1.95 bits per heavy atom. The average molecular weight is 344 g/mol. The van der Waals surface area contributed by atoms with Crippen LogP contribution in [0.4, 0.5) is 4.39 Å². The van der Waals surface area contributed by atoms with Gasteiger partial charge in [-0.15, -0.1) is 0 Å². The highest BCUT2D eigenvalue weighted by atomic mass is 79.9. The summed E-state index contributed by atoms with van der Waals surface area (Å²) in [6.07, 6.45) is 0. The highest BCUT2D eigenvalue weighted by molar-refractivity contribution is 9.10. The van der Waals surface area contributed by atoms with Crippen molar-refractivity contribution >= 4 is 33.4 Å². The van der Waals surface area contributed by atoms with Gasteiger partial charge in [0.2, 0.25) is 0 Å². The molecule has 0 saturated heterocycles. The molecule has 0 atom stereocenters. The van der Waals surface area contributed by atoms with Crippen LogP contribution in [0.5, 0.6) is 11.5 Å². The number of amidine groups is 1. The van der Waals surface area contributed by atoms with E-state index < -0.39 is 5.82 Å². The summed E-state index contributed by atoms with van der Waals surface area (Å²) in [7, 11) is 0. The molecule has 0 unspecified atom stereocenters. The molecule has 0 radical (unpaired) electrons. The van der Waals surface area contributed by atoms with E-state index in [0.29, 0.717) is 16.3 Å².